The van der Waals surface area contributed by atoms with E-state index in [4.69, 9.17) is 4.52 Å². The molecule has 0 spiro atoms. The molecular formula is C21H21F3N4O4. The summed E-state index contributed by atoms with van der Waals surface area (Å²) in [6.07, 6.45) is -4.82. The molecule has 0 atom stereocenters. The summed E-state index contributed by atoms with van der Waals surface area (Å²) in [5.74, 6) is -2.19. The number of benzene rings is 1. The second-order valence-electron chi connectivity index (χ2n) is 8.11. The monoisotopic (exact) mass is 450 g/mol. The van der Waals surface area contributed by atoms with Crippen LogP contribution in [0.15, 0.2) is 39.3 Å². The fourth-order valence-electron chi connectivity index (χ4n) is 2.73. The second kappa shape index (κ2) is 8.48. The van der Waals surface area contributed by atoms with E-state index in [1.165, 1.54) is 19.1 Å². The van der Waals surface area contributed by atoms with Gasteiger partial charge in [0.25, 0.3) is 5.91 Å². The highest BCUT2D eigenvalue weighted by atomic mass is 19.4. The van der Waals surface area contributed by atoms with Crippen LogP contribution >= 0.6 is 0 Å². The highest BCUT2D eigenvalue weighted by molar-refractivity contribution is 6.03. The SMILES string of the molecule is Cc1nc(C(=O)Nc2ccc(CC(=O)Nc3cc(C(C)(C)C)on3)cc2)c(C(F)(F)F)o1. The summed E-state index contributed by atoms with van der Waals surface area (Å²) in [4.78, 5) is 28.0. The molecule has 11 heteroatoms. The Bertz CT molecular complexity index is 1130. The first kappa shape index (κ1) is 23.0. The molecule has 3 rings (SSSR count). The second-order valence-corrected chi connectivity index (χ2v) is 8.11. The lowest BCUT2D eigenvalue weighted by molar-refractivity contribution is -0.153. The standard InChI is InChI=1S/C21H21F3N4O4/c1-11-25-17(18(31-11)21(22,23)24)19(30)26-13-7-5-12(6-8-13)9-16(29)27-15-10-14(32-28-15)20(2,3)4/h5-8,10H,9H2,1-4H3,(H,26,30)(H,27,28,29). The van der Waals surface area contributed by atoms with Gasteiger partial charge in [0.1, 0.15) is 5.76 Å². The number of carbonyl (C=O) groups is 2. The Balaban J connectivity index is 1.61. The van der Waals surface area contributed by atoms with Crippen LogP contribution in [0, 0.1) is 6.92 Å². The molecule has 2 amide bonds. The molecule has 0 fully saturated rings. The summed E-state index contributed by atoms with van der Waals surface area (Å²) in [6.45, 7) is 7.07. The third-order valence-corrected chi connectivity index (χ3v) is 4.30. The van der Waals surface area contributed by atoms with Crippen LogP contribution in [0.25, 0.3) is 0 Å². The zero-order valence-electron chi connectivity index (χ0n) is 17.8. The Morgan fingerprint density at radius 3 is 2.28 bits per heavy atom. The van der Waals surface area contributed by atoms with E-state index in [2.05, 4.69) is 25.2 Å². The predicted molar refractivity (Wildman–Crippen MR) is 108 cm³/mol. The van der Waals surface area contributed by atoms with Gasteiger partial charge in [0.05, 0.1) is 6.42 Å². The molecule has 0 saturated carbocycles. The quantitative estimate of drug-likeness (QED) is 0.582. The van der Waals surface area contributed by atoms with Gasteiger partial charge in [-0.3, -0.25) is 9.59 Å². The maximum Gasteiger partial charge on any atom is 0.452 e. The van der Waals surface area contributed by atoms with Gasteiger partial charge in [0.2, 0.25) is 11.7 Å². The molecule has 1 aromatic carbocycles. The third-order valence-electron chi connectivity index (χ3n) is 4.30. The van der Waals surface area contributed by atoms with Crippen LogP contribution in [-0.4, -0.2) is 22.0 Å². The van der Waals surface area contributed by atoms with Crippen molar-refractivity contribution < 1.29 is 31.7 Å². The Morgan fingerprint density at radius 1 is 1.06 bits per heavy atom. The van der Waals surface area contributed by atoms with Gasteiger partial charge in [0.15, 0.2) is 17.4 Å². The highest BCUT2D eigenvalue weighted by Gasteiger charge is 2.41. The molecular weight excluding hydrogens is 429 g/mol. The first-order valence-corrected chi connectivity index (χ1v) is 9.55. The van der Waals surface area contributed by atoms with Crippen molar-refractivity contribution in [1.82, 2.24) is 10.1 Å². The predicted octanol–water partition coefficient (Wildman–Crippen LogP) is 4.72. The number of amides is 2. The number of rotatable bonds is 5. The summed E-state index contributed by atoms with van der Waals surface area (Å²) in [6, 6.07) is 7.72. The Labute approximate surface area is 181 Å². The number of aryl methyl sites for hydroxylation is 1. The highest BCUT2D eigenvalue weighted by Crippen LogP contribution is 2.33. The number of aromatic nitrogens is 2. The molecule has 0 aliphatic carbocycles. The molecule has 32 heavy (non-hydrogen) atoms. The molecule has 0 aliphatic heterocycles. The summed E-state index contributed by atoms with van der Waals surface area (Å²) >= 11 is 0. The number of hydrogen-bond donors (Lipinski definition) is 2. The van der Waals surface area contributed by atoms with Crippen LogP contribution in [0.5, 0.6) is 0 Å². The zero-order valence-corrected chi connectivity index (χ0v) is 17.8. The normalized spacial score (nSPS) is 12.0. The van der Waals surface area contributed by atoms with Crippen molar-refractivity contribution in [2.24, 2.45) is 0 Å². The lowest BCUT2D eigenvalue weighted by atomic mass is 9.93. The van der Waals surface area contributed by atoms with Crippen LogP contribution in [0.3, 0.4) is 0 Å². The van der Waals surface area contributed by atoms with Gasteiger partial charge in [-0.05, 0) is 17.7 Å². The molecule has 8 nitrogen and oxygen atoms in total. The van der Waals surface area contributed by atoms with E-state index in [1.54, 1.807) is 18.2 Å². The molecule has 0 saturated heterocycles. The van der Waals surface area contributed by atoms with Crippen molar-refractivity contribution in [2.45, 2.75) is 45.7 Å². The molecule has 2 N–H and O–H groups in total. The summed E-state index contributed by atoms with van der Waals surface area (Å²) < 4.78 is 48.7. The number of hydrogen-bond acceptors (Lipinski definition) is 6. The molecule has 2 heterocycles. The minimum Gasteiger partial charge on any atom is -0.436 e. The molecule has 170 valence electrons. The number of alkyl halides is 3. The van der Waals surface area contributed by atoms with Crippen LogP contribution in [-0.2, 0) is 22.8 Å². The number of carbonyl (C=O) groups excluding carboxylic acids is 2. The van der Waals surface area contributed by atoms with Gasteiger partial charge < -0.3 is 19.6 Å². The van der Waals surface area contributed by atoms with Gasteiger partial charge in [-0.25, -0.2) is 4.98 Å². The molecule has 0 bridgehead atoms. The van der Waals surface area contributed by atoms with Gasteiger partial charge in [-0.1, -0.05) is 38.1 Å². The number of nitrogens with zero attached hydrogens (tertiary/aromatic N) is 2. The average molecular weight is 450 g/mol. The maximum atomic E-state index is 13.0. The Morgan fingerprint density at radius 2 is 1.72 bits per heavy atom. The van der Waals surface area contributed by atoms with E-state index in [9.17, 15) is 22.8 Å². The fraction of sp³-hybridized carbons (Fsp3) is 0.333. The van der Waals surface area contributed by atoms with Crippen molar-refractivity contribution in [3.63, 3.8) is 0 Å². The maximum absolute atomic E-state index is 13.0. The lowest BCUT2D eigenvalue weighted by Crippen LogP contribution is -2.18. The van der Waals surface area contributed by atoms with Crippen molar-refractivity contribution in [3.8, 4) is 0 Å². The molecule has 2 aromatic heterocycles. The van der Waals surface area contributed by atoms with Gasteiger partial charge >= 0.3 is 6.18 Å². The number of anilines is 2. The van der Waals surface area contributed by atoms with Crippen LogP contribution in [0.2, 0.25) is 0 Å². The van der Waals surface area contributed by atoms with Crippen molar-refractivity contribution >= 4 is 23.3 Å². The minimum atomic E-state index is -4.84. The number of halogens is 3. The van der Waals surface area contributed by atoms with Crippen LogP contribution in [0.1, 0.15) is 54.2 Å². The van der Waals surface area contributed by atoms with E-state index in [1.807, 2.05) is 20.8 Å². The van der Waals surface area contributed by atoms with E-state index in [-0.39, 0.29) is 29.3 Å². The third kappa shape index (κ3) is 5.54. The van der Waals surface area contributed by atoms with Crippen LogP contribution in [0.4, 0.5) is 24.7 Å². The van der Waals surface area contributed by atoms with Gasteiger partial charge in [-0.2, -0.15) is 13.2 Å². The van der Waals surface area contributed by atoms with E-state index in [0.717, 1.165) is 0 Å². The summed E-state index contributed by atoms with van der Waals surface area (Å²) in [5, 5.41) is 8.79. The smallest absolute Gasteiger partial charge is 0.436 e. The van der Waals surface area contributed by atoms with E-state index < -0.39 is 23.5 Å². The molecule has 0 aliphatic rings. The zero-order chi connectivity index (χ0) is 23.7. The molecule has 0 radical (unpaired) electrons. The molecule has 0 unspecified atom stereocenters. The summed E-state index contributed by atoms with van der Waals surface area (Å²) in [7, 11) is 0. The summed E-state index contributed by atoms with van der Waals surface area (Å²) in [5.41, 5.74) is -0.241. The lowest BCUT2D eigenvalue weighted by Gasteiger charge is -2.12. The first-order chi connectivity index (χ1) is 14.8. The fourth-order valence-corrected chi connectivity index (χ4v) is 2.73. The number of nitrogens with one attached hydrogen (secondary N) is 2. The van der Waals surface area contributed by atoms with Gasteiger partial charge in [0, 0.05) is 24.1 Å². The first-order valence-electron chi connectivity index (χ1n) is 9.55. The number of oxazole rings is 1. The van der Waals surface area contributed by atoms with E-state index in [0.29, 0.717) is 17.1 Å². The Kier molecular flexibility index (Phi) is 6.11. The topological polar surface area (TPSA) is 110 Å². The van der Waals surface area contributed by atoms with E-state index >= 15 is 0 Å². The minimum absolute atomic E-state index is 0.0205. The van der Waals surface area contributed by atoms with Crippen molar-refractivity contribution in [1.29, 1.82) is 0 Å². The van der Waals surface area contributed by atoms with Gasteiger partial charge in [-0.15, -0.1) is 0 Å². The van der Waals surface area contributed by atoms with Crippen molar-refractivity contribution in [2.75, 3.05) is 10.6 Å². The largest absolute Gasteiger partial charge is 0.452 e. The average Bonchev–Trinajstić information content (AvgIpc) is 3.29. The van der Waals surface area contributed by atoms with Crippen LogP contribution < -0.4 is 10.6 Å². The van der Waals surface area contributed by atoms with Crippen molar-refractivity contribution in [3.05, 3.63) is 59.0 Å². The Hall–Kier alpha value is -3.63. The molecule has 3 aromatic rings.